The summed E-state index contributed by atoms with van der Waals surface area (Å²) in [5, 5.41) is 40.3. The molecule has 1 saturated heterocycles. The van der Waals surface area contributed by atoms with Gasteiger partial charge in [-0.05, 0) is 51.4 Å². The van der Waals surface area contributed by atoms with Crippen LogP contribution in [-0.2, 0) is 23.7 Å². The van der Waals surface area contributed by atoms with Crippen LogP contribution in [0.3, 0.4) is 0 Å². The second-order valence-electron chi connectivity index (χ2n) is 19.4. The van der Waals surface area contributed by atoms with Gasteiger partial charge < -0.3 is 39.4 Å². The highest BCUT2D eigenvalue weighted by atomic mass is 16.7. The summed E-state index contributed by atoms with van der Waals surface area (Å²) in [5.74, 6) is -0.310. The van der Waals surface area contributed by atoms with Crippen LogP contribution in [0.15, 0.2) is 36.5 Å². The Labute approximate surface area is 406 Å². The van der Waals surface area contributed by atoms with Gasteiger partial charge in [-0.3, -0.25) is 4.79 Å². The molecule has 6 atom stereocenters. The molecule has 4 N–H and O–H groups in total. The molecule has 0 saturated carbocycles. The first-order valence-electron chi connectivity index (χ1n) is 28.1. The van der Waals surface area contributed by atoms with Gasteiger partial charge in [0, 0.05) is 13.0 Å². The molecule has 1 aliphatic rings. The molecular weight excluding hydrogens is 829 g/mol. The second kappa shape index (κ2) is 48.4. The summed E-state index contributed by atoms with van der Waals surface area (Å²) in [6.07, 6.45) is 53.3. The maximum absolute atomic E-state index is 12.9. The fourth-order valence-electron chi connectivity index (χ4n) is 8.68. The molecule has 0 amide bonds. The van der Waals surface area contributed by atoms with Crippen molar-refractivity contribution in [3.8, 4) is 0 Å². The molecule has 9 nitrogen and oxygen atoms in total. The Morgan fingerprint density at radius 1 is 0.485 bits per heavy atom. The maximum atomic E-state index is 12.9. The van der Waals surface area contributed by atoms with Gasteiger partial charge in [-0.1, -0.05) is 237 Å². The standard InChI is InChI=1S/C57H106O9/c1-3-5-7-9-11-13-15-17-19-21-23-24-25-26-27-29-31-33-35-37-39-41-43-45-47-63-49-51(50-64-57-56(62)55(61)54(60)52(48-58)66-57)65-53(59)46-44-42-40-38-36-34-32-30-28-22-20-18-16-14-12-10-8-6-4-2/h15,17,21,23,25-26,51-52,54-58,60-62H,3-14,16,18-20,22,24,27-50H2,1-2H3/b17-15-,23-21-,26-25-. The Bertz CT molecular complexity index is 1110. The van der Waals surface area contributed by atoms with Crippen LogP contribution in [0, 0.1) is 0 Å². The van der Waals surface area contributed by atoms with Crippen molar-refractivity contribution in [3.63, 3.8) is 0 Å². The lowest BCUT2D eigenvalue weighted by Crippen LogP contribution is -2.59. The number of unbranched alkanes of at least 4 members (excludes halogenated alkanes) is 32. The first-order chi connectivity index (χ1) is 32.4. The Morgan fingerprint density at radius 2 is 0.879 bits per heavy atom. The molecule has 6 unspecified atom stereocenters. The van der Waals surface area contributed by atoms with Gasteiger partial charge in [0.2, 0.25) is 0 Å². The minimum atomic E-state index is -1.54. The number of carbonyl (C=O) groups is 1. The fraction of sp³-hybridized carbons (Fsp3) is 0.877. The number of aliphatic hydroxyl groups is 4. The number of allylic oxidation sites excluding steroid dienone is 6. The van der Waals surface area contributed by atoms with Crippen LogP contribution in [0.5, 0.6) is 0 Å². The van der Waals surface area contributed by atoms with E-state index in [1.54, 1.807) is 0 Å². The summed E-state index contributed by atoms with van der Waals surface area (Å²) in [5.41, 5.74) is 0. The lowest BCUT2D eigenvalue weighted by molar-refractivity contribution is -0.305. The molecular formula is C57H106O9. The van der Waals surface area contributed by atoms with E-state index >= 15 is 0 Å². The van der Waals surface area contributed by atoms with Gasteiger partial charge in [0.15, 0.2) is 6.29 Å². The summed E-state index contributed by atoms with van der Waals surface area (Å²) < 4.78 is 23.0. The highest BCUT2D eigenvalue weighted by Crippen LogP contribution is 2.23. The summed E-state index contributed by atoms with van der Waals surface area (Å²) in [7, 11) is 0. The highest BCUT2D eigenvalue weighted by Gasteiger charge is 2.44. The zero-order chi connectivity index (χ0) is 47.8. The minimum absolute atomic E-state index is 0.112. The molecule has 1 rings (SSSR count). The summed E-state index contributed by atoms with van der Waals surface area (Å²) >= 11 is 0. The topological polar surface area (TPSA) is 135 Å². The minimum Gasteiger partial charge on any atom is -0.457 e. The number of hydrogen-bond donors (Lipinski definition) is 4. The van der Waals surface area contributed by atoms with Crippen LogP contribution < -0.4 is 0 Å². The van der Waals surface area contributed by atoms with Crippen LogP contribution in [0.25, 0.3) is 0 Å². The first-order valence-corrected chi connectivity index (χ1v) is 28.1. The molecule has 0 aromatic carbocycles. The van der Waals surface area contributed by atoms with Gasteiger partial charge in [-0.25, -0.2) is 0 Å². The maximum Gasteiger partial charge on any atom is 0.306 e. The average Bonchev–Trinajstić information content (AvgIpc) is 3.32. The van der Waals surface area contributed by atoms with E-state index in [0.717, 1.165) is 44.9 Å². The zero-order valence-corrected chi connectivity index (χ0v) is 43.0. The van der Waals surface area contributed by atoms with E-state index < -0.39 is 43.4 Å². The number of aliphatic hydroxyl groups excluding tert-OH is 4. The summed E-state index contributed by atoms with van der Waals surface area (Å²) in [4.78, 5) is 12.9. The van der Waals surface area contributed by atoms with Gasteiger partial charge in [0.25, 0.3) is 0 Å². The van der Waals surface area contributed by atoms with Crippen LogP contribution in [0.2, 0.25) is 0 Å². The fourth-order valence-corrected chi connectivity index (χ4v) is 8.68. The highest BCUT2D eigenvalue weighted by molar-refractivity contribution is 5.69. The molecule has 0 aromatic heterocycles. The molecule has 1 fully saturated rings. The monoisotopic (exact) mass is 935 g/mol. The molecule has 1 heterocycles. The largest absolute Gasteiger partial charge is 0.457 e. The van der Waals surface area contributed by atoms with Crippen molar-refractivity contribution in [2.45, 2.75) is 295 Å². The number of rotatable bonds is 49. The van der Waals surface area contributed by atoms with E-state index in [2.05, 4.69) is 50.3 Å². The lowest BCUT2D eigenvalue weighted by Gasteiger charge is -2.39. The van der Waals surface area contributed by atoms with E-state index in [1.807, 2.05) is 0 Å². The van der Waals surface area contributed by atoms with E-state index in [-0.39, 0.29) is 19.2 Å². The normalized spacial score (nSPS) is 19.5. The van der Waals surface area contributed by atoms with Crippen molar-refractivity contribution in [1.82, 2.24) is 0 Å². The first kappa shape index (κ1) is 62.4. The third-order valence-electron chi connectivity index (χ3n) is 13.1. The van der Waals surface area contributed by atoms with Crippen molar-refractivity contribution < 1.29 is 44.2 Å². The van der Waals surface area contributed by atoms with E-state index in [4.69, 9.17) is 18.9 Å². The van der Waals surface area contributed by atoms with Crippen LogP contribution in [-0.4, -0.2) is 89.6 Å². The predicted molar refractivity (Wildman–Crippen MR) is 275 cm³/mol. The van der Waals surface area contributed by atoms with Crippen LogP contribution in [0.4, 0.5) is 0 Å². The molecule has 0 spiro atoms. The average molecular weight is 935 g/mol. The molecule has 0 bridgehead atoms. The Morgan fingerprint density at radius 3 is 1.32 bits per heavy atom. The number of esters is 1. The molecule has 9 heteroatoms. The van der Waals surface area contributed by atoms with Crippen molar-refractivity contribution in [2.75, 3.05) is 26.4 Å². The number of carbonyl (C=O) groups excluding carboxylic acids is 1. The van der Waals surface area contributed by atoms with Gasteiger partial charge in [-0.2, -0.15) is 0 Å². The Balaban J connectivity index is 2.17. The van der Waals surface area contributed by atoms with Crippen molar-refractivity contribution >= 4 is 5.97 Å². The van der Waals surface area contributed by atoms with Crippen LogP contribution >= 0.6 is 0 Å². The third kappa shape index (κ3) is 38.3. The van der Waals surface area contributed by atoms with Gasteiger partial charge in [-0.15, -0.1) is 0 Å². The Kier molecular flexibility index (Phi) is 45.8. The molecule has 66 heavy (non-hydrogen) atoms. The van der Waals surface area contributed by atoms with Gasteiger partial charge in [0.1, 0.15) is 30.5 Å². The van der Waals surface area contributed by atoms with E-state index in [9.17, 15) is 25.2 Å². The number of ether oxygens (including phenoxy) is 4. The van der Waals surface area contributed by atoms with E-state index in [0.29, 0.717) is 13.0 Å². The third-order valence-corrected chi connectivity index (χ3v) is 13.1. The molecule has 0 radical (unpaired) electrons. The lowest BCUT2D eigenvalue weighted by atomic mass is 9.99. The van der Waals surface area contributed by atoms with Gasteiger partial charge in [0.05, 0.1) is 19.8 Å². The summed E-state index contributed by atoms with van der Waals surface area (Å²) in [6, 6.07) is 0. The van der Waals surface area contributed by atoms with Crippen molar-refractivity contribution in [3.05, 3.63) is 36.5 Å². The van der Waals surface area contributed by atoms with Gasteiger partial charge >= 0.3 is 5.97 Å². The molecule has 0 aliphatic carbocycles. The second-order valence-corrected chi connectivity index (χ2v) is 19.4. The van der Waals surface area contributed by atoms with Crippen molar-refractivity contribution in [1.29, 1.82) is 0 Å². The summed E-state index contributed by atoms with van der Waals surface area (Å²) in [6.45, 7) is 4.58. The molecule has 1 aliphatic heterocycles. The molecule has 388 valence electrons. The van der Waals surface area contributed by atoms with E-state index in [1.165, 1.54) is 193 Å². The predicted octanol–water partition coefficient (Wildman–Crippen LogP) is 14.3. The smallest absolute Gasteiger partial charge is 0.306 e. The zero-order valence-electron chi connectivity index (χ0n) is 43.0. The van der Waals surface area contributed by atoms with Crippen LogP contribution in [0.1, 0.15) is 258 Å². The Hall–Kier alpha value is -1.59. The quantitative estimate of drug-likeness (QED) is 0.0267. The van der Waals surface area contributed by atoms with Crippen molar-refractivity contribution in [2.24, 2.45) is 0 Å². The molecule has 0 aromatic rings. The number of hydrogen-bond acceptors (Lipinski definition) is 9. The SMILES string of the molecule is CCCCCCC/C=C\C/C=C\C/C=C\CCCCCCCCCCCOCC(COC1OC(CO)C(O)C(O)C1O)OC(=O)CCCCCCCCCCCCCCCCCCCCC.